The molecular formula is C10H12N2O2S. The molecule has 0 aromatic heterocycles. The molecule has 4 nitrogen and oxygen atoms in total. The molecule has 0 saturated carbocycles. The Kier molecular flexibility index (Phi) is 2.81. The molecule has 0 bridgehead atoms. The van der Waals surface area contributed by atoms with Gasteiger partial charge in [-0.3, -0.25) is 10.1 Å². The van der Waals surface area contributed by atoms with E-state index in [9.17, 15) is 10.1 Å². The lowest BCUT2D eigenvalue weighted by atomic mass is 10.2. The van der Waals surface area contributed by atoms with Gasteiger partial charge < -0.3 is 4.90 Å². The molecule has 0 spiro atoms. The van der Waals surface area contributed by atoms with Gasteiger partial charge in [-0.05, 0) is 13.0 Å². The molecule has 1 aromatic carbocycles. The number of non-ortho nitro benzene ring substituents is 1. The van der Waals surface area contributed by atoms with Crippen molar-refractivity contribution in [1.82, 2.24) is 0 Å². The highest BCUT2D eigenvalue weighted by Crippen LogP contribution is 2.30. The summed E-state index contributed by atoms with van der Waals surface area (Å²) in [6.45, 7) is 3.09. The largest absolute Gasteiger partial charge is 0.359 e. The van der Waals surface area contributed by atoms with Gasteiger partial charge in [0.1, 0.15) is 0 Å². The second-order valence-electron chi connectivity index (χ2n) is 3.44. The topological polar surface area (TPSA) is 46.4 Å². The highest BCUT2D eigenvalue weighted by atomic mass is 32.2. The third kappa shape index (κ3) is 2.07. The monoisotopic (exact) mass is 224 g/mol. The summed E-state index contributed by atoms with van der Waals surface area (Å²) in [4.78, 5) is 12.5. The molecule has 0 aliphatic carbocycles. The first-order valence-corrected chi connectivity index (χ1v) is 5.86. The van der Waals surface area contributed by atoms with Crippen LogP contribution >= 0.6 is 11.8 Å². The maximum Gasteiger partial charge on any atom is 0.271 e. The number of hydrogen-bond donors (Lipinski definition) is 0. The highest BCUT2D eigenvalue weighted by molar-refractivity contribution is 8.00. The molecule has 1 unspecified atom stereocenters. The predicted octanol–water partition coefficient (Wildman–Crippen LogP) is 2.49. The van der Waals surface area contributed by atoms with E-state index in [2.05, 4.69) is 11.8 Å². The maximum absolute atomic E-state index is 10.6. The van der Waals surface area contributed by atoms with Crippen molar-refractivity contribution in [3.63, 3.8) is 0 Å². The van der Waals surface area contributed by atoms with E-state index >= 15 is 0 Å². The van der Waals surface area contributed by atoms with Gasteiger partial charge in [-0.25, -0.2) is 0 Å². The van der Waals surface area contributed by atoms with Crippen molar-refractivity contribution in [2.45, 2.75) is 12.3 Å². The molecule has 1 fully saturated rings. The Balaban J connectivity index is 2.28. The predicted molar refractivity (Wildman–Crippen MR) is 62.4 cm³/mol. The van der Waals surface area contributed by atoms with E-state index in [4.69, 9.17) is 0 Å². The van der Waals surface area contributed by atoms with E-state index in [1.54, 1.807) is 12.1 Å². The van der Waals surface area contributed by atoms with Crippen LogP contribution in [0.2, 0.25) is 0 Å². The van der Waals surface area contributed by atoms with Gasteiger partial charge in [-0.1, -0.05) is 6.07 Å². The standard InChI is InChI=1S/C10H12N2O2S/c1-8-11(5-6-15-8)9-3-2-4-10(7-9)12(13)14/h2-4,7-8H,5-6H2,1H3. The summed E-state index contributed by atoms with van der Waals surface area (Å²) in [5.74, 6) is 1.09. The summed E-state index contributed by atoms with van der Waals surface area (Å²) in [5, 5.41) is 11.0. The first-order chi connectivity index (χ1) is 7.18. The van der Waals surface area contributed by atoms with Crippen molar-refractivity contribution in [3.05, 3.63) is 34.4 Å². The smallest absolute Gasteiger partial charge is 0.271 e. The Morgan fingerprint density at radius 2 is 2.40 bits per heavy atom. The Labute approximate surface area is 92.4 Å². The van der Waals surface area contributed by atoms with Gasteiger partial charge in [-0.15, -0.1) is 11.8 Å². The van der Waals surface area contributed by atoms with E-state index in [1.807, 2.05) is 17.8 Å². The van der Waals surface area contributed by atoms with Crippen LogP contribution in [0.5, 0.6) is 0 Å². The van der Waals surface area contributed by atoms with E-state index < -0.39 is 0 Å². The first-order valence-electron chi connectivity index (χ1n) is 4.81. The number of rotatable bonds is 2. The van der Waals surface area contributed by atoms with E-state index in [1.165, 1.54) is 6.07 Å². The number of nitrogens with zero attached hydrogens (tertiary/aromatic N) is 2. The lowest BCUT2D eigenvalue weighted by molar-refractivity contribution is -0.384. The van der Waals surface area contributed by atoms with E-state index in [0.717, 1.165) is 18.0 Å². The molecule has 1 atom stereocenters. The van der Waals surface area contributed by atoms with Crippen LogP contribution in [0.15, 0.2) is 24.3 Å². The summed E-state index contributed by atoms with van der Waals surface area (Å²) in [5.41, 5.74) is 1.11. The third-order valence-electron chi connectivity index (χ3n) is 2.50. The van der Waals surface area contributed by atoms with E-state index in [-0.39, 0.29) is 10.6 Å². The molecule has 0 amide bonds. The third-order valence-corrected chi connectivity index (χ3v) is 3.66. The molecule has 15 heavy (non-hydrogen) atoms. The van der Waals surface area contributed by atoms with Crippen LogP contribution in [0, 0.1) is 10.1 Å². The van der Waals surface area contributed by atoms with Gasteiger partial charge in [0.15, 0.2) is 0 Å². The molecule has 1 aliphatic heterocycles. The Hall–Kier alpha value is -1.23. The zero-order valence-corrected chi connectivity index (χ0v) is 9.24. The summed E-state index contributed by atoms with van der Waals surface area (Å²) in [6.07, 6.45) is 0. The van der Waals surface area contributed by atoms with Crippen molar-refractivity contribution in [2.24, 2.45) is 0 Å². The van der Waals surface area contributed by atoms with Crippen LogP contribution in [0.4, 0.5) is 11.4 Å². The number of benzene rings is 1. The first kappa shape index (κ1) is 10.3. The molecule has 1 saturated heterocycles. The highest BCUT2D eigenvalue weighted by Gasteiger charge is 2.22. The average molecular weight is 224 g/mol. The van der Waals surface area contributed by atoms with Gasteiger partial charge in [0, 0.05) is 30.1 Å². The second kappa shape index (κ2) is 4.10. The van der Waals surface area contributed by atoms with Gasteiger partial charge in [0.25, 0.3) is 5.69 Å². The van der Waals surface area contributed by atoms with Crippen molar-refractivity contribution in [3.8, 4) is 0 Å². The second-order valence-corrected chi connectivity index (χ2v) is 4.86. The van der Waals surface area contributed by atoms with Crippen LogP contribution in [0.1, 0.15) is 6.92 Å². The number of nitro groups is 1. The zero-order valence-electron chi connectivity index (χ0n) is 8.42. The molecule has 0 radical (unpaired) electrons. The summed E-state index contributed by atoms with van der Waals surface area (Å²) in [6, 6.07) is 6.83. The normalized spacial score (nSPS) is 20.6. The number of thioether (sulfide) groups is 1. The fraction of sp³-hybridized carbons (Fsp3) is 0.400. The molecule has 1 heterocycles. The van der Waals surface area contributed by atoms with Gasteiger partial charge in [-0.2, -0.15) is 0 Å². The Morgan fingerprint density at radius 1 is 1.60 bits per heavy atom. The average Bonchev–Trinajstić information content (AvgIpc) is 2.64. The summed E-state index contributed by atoms with van der Waals surface area (Å²) in [7, 11) is 0. The molecule has 80 valence electrons. The number of nitro benzene ring substituents is 1. The van der Waals surface area contributed by atoms with Crippen molar-refractivity contribution in [2.75, 3.05) is 17.2 Å². The molecule has 1 aliphatic rings. The minimum Gasteiger partial charge on any atom is -0.359 e. The van der Waals surface area contributed by atoms with Crippen LogP contribution < -0.4 is 4.90 Å². The van der Waals surface area contributed by atoms with Crippen molar-refractivity contribution < 1.29 is 4.92 Å². The molecule has 2 rings (SSSR count). The molecule has 0 N–H and O–H groups in total. The van der Waals surface area contributed by atoms with Crippen LogP contribution in [-0.2, 0) is 0 Å². The minimum absolute atomic E-state index is 0.164. The van der Waals surface area contributed by atoms with Gasteiger partial charge in [0.2, 0.25) is 0 Å². The fourth-order valence-electron chi connectivity index (χ4n) is 1.72. The Morgan fingerprint density at radius 3 is 3.00 bits per heavy atom. The fourth-order valence-corrected chi connectivity index (χ4v) is 2.77. The number of hydrogen-bond acceptors (Lipinski definition) is 4. The SMILES string of the molecule is CC1SCCN1c1cccc([N+](=O)[O-])c1. The van der Waals surface area contributed by atoms with Gasteiger partial charge >= 0.3 is 0 Å². The van der Waals surface area contributed by atoms with Crippen LogP contribution in [-0.4, -0.2) is 22.6 Å². The summed E-state index contributed by atoms with van der Waals surface area (Å²) < 4.78 is 0. The van der Waals surface area contributed by atoms with Crippen LogP contribution in [0.3, 0.4) is 0 Å². The molecule has 5 heteroatoms. The van der Waals surface area contributed by atoms with Gasteiger partial charge in [0.05, 0.1) is 10.3 Å². The Bertz CT molecular complexity index is 383. The quantitative estimate of drug-likeness (QED) is 0.572. The number of anilines is 1. The van der Waals surface area contributed by atoms with Crippen molar-refractivity contribution >= 4 is 23.1 Å². The maximum atomic E-state index is 10.6. The lowest BCUT2D eigenvalue weighted by Crippen LogP contribution is -2.25. The minimum atomic E-state index is -0.350. The zero-order chi connectivity index (χ0) is 10.8. The lowest BCUT2D eigenvalue weighted by Gasteiger charge is -2.22. The van der Waals surface area contributed by atoms with Crippen LogP contribution in [0.25, 0.3) is 0 Å². The molecular weight excluding hydrogens is 212 g/mol. The van der Waals surface area contributed by atoms with Crippen molar-refractivity contribution in [1.29, 1.82) is 0 Å². The van der Waals surface area contributed by atoms with E-state index in [0.29, 0.717) is 5.37 Å². The molecule has 1 aromatic rings. The summed E-state index contributed by atoms with van der Waals surface area (Å²) >= 11 is 1.87.